The Kier molecular flexibility index (Phi) is 6.08. The molecule has 0 aromatic heterocycles. The molecule has 0 bridgehead atoms. The highest BCUT2D eigenvalue weighted by atomic mass is 16.4. The Bertz CT molecular complexity index is 614. The molecule has 1 amide bonds. The summed E-state index contributed by atoms with van der Waals surface area (Å²) in [6.45, 7) is 1.62. The zero-order chi connectivity index (χ0) is 15.7. The molecule has 0 unspecified atom stereocenters. The molecule has 0 radical (unpaired) electrons. The van der Waals surface area contributed by atoms with Crippen molar-refractivity contribution in [2.45, 2.75) is 13.3 Å². The van der Waals surface area contributed by atoms with Crippen molar-refractivity contribution < 1.29 is 14.7 Å². The molecule has 1 aromatic rings. The lowest BCUT2D eigenvalue weighted by Gasteiger charge is -2.00. The van der Waals surface area contributed by atoms with Crippen molar-refractivity contribution in [3.05, 3.63) is 29.8 Å². The summed E-state index contributed by atoms with van der Waals surface area (Å²) in [5.74, 6) is -1.50. The van der Waals surface area contributed by atoms with Crippen LogP contribution in [-0.4, -0.2) is 28.9 Å². The molecular formula is C13H13N5O3. The Morgan fingerprint density at radius 1 is 1.38 bits per heavy atom. The number of nitrogens with one attached hydrogen (secondary N) is 2. The summed E-state index contributed by atoms with van der Waals surface area (Å²) >= 11 is 0. The van der Waals surface area contributed by atoms with E-state index in [0.29, 0.717) is 11.4 Å². The SMILES string of the molecule is CC(/C=N/Nc1ccc(C(=O)O)cc1)=N\NC(=O)CC#N. The minimum atomic E-state index is -0.999. The number of rotatable bonds is 6. The molecule has 0 aliphatic heterocycles. The Hall–Kier alpha value is -3.21. The van der Waals surface area contributed by atoms with E-state index in [0.717, 1.165) is 0 Å². The Labute approximate surface area is 120 Å². The summed E-state index contributed by atoms with van der Waals surface area (Å²) in [7, 11) is 0. The molecule has 0 saturated carbocycles. The van der Waals surface area contributed by atoms with Crippen LogP contribution in [0.4, 0.5) is 5.69 Å². The van der Waals surface area contributed by atoms with Gasteiger partial charge in [0.25, 0.3) is 5.91 Å². The van der Waals surface area contributed by atoms with Gasteiger partial charge in [0.15, 0.2) is 0 Å². The highest BCUT2D eigenvalue weighted by Gasteiger charge is 2.00. The zero-order valence-electron chi connectivity index (χ0n) is 11.2. The summed E-state index contributed by atoms with van der Waals surface area (Å²) in [5.41, 5.74) is 6.10. The number of hydrogen-bond donors (Lipinski definition) is 3. The molecule has 3 N–H and O–H groups in total. The molecule has 0 fully saturated rings. The van der Waals surface area contributed by atoms with Gasteiger partial charge in [-0.15, -0.1) is 0 Å². The van der Waals surface area contributed by atoms with Crippen molar-refractivity contribution in [1.29, 1.82) is 5.26 Å². The highest BCUT2D eigenvalue weighted by Crippen LogP contribution is 2.09. The van der Waals surface area contributed by atoms with E-state index in [1.165, 1.54) is 18.3 Å². The molecule has 0 spiro atoms. The van der Waals surface area contributed by atoms with Crippen LogP contribution in [-0.2, 0) is 4.79 Å². The van der Waals surface area contributed by atoms with Gasteiger partial charge in [0, 0.05) is 0 Å². The lowest BCUT2D eigenvalue weighted by atomic mass is 10.2. The van der Waals surface area contributed by atoms with E-state index >= 15 is 0 Å². The molecule has 8 nitrogen and oxygen atoms in total. The number of hydrogen-bond acceptors (Lipinski definition) is 6. The third kappa shape index (κ3) is 5.98. The molecule has 8 heteroatoms. The number of carboxylic acids is 1. The van der Waals surface area contributed by atoms with Crippen LogP contribution >= 0.6 is 0 Å². The molecule has 0 saturated heterocycles. The first kappa shape index (κ1) is 15.8. The topological polar surface area (TPSA) is 127 Å². The Morgan fingerprint density at radius 2 is 2.05 bits per heavy atom. The average molecular weight is 287 g/mol. The number of carbonyl (C=O) groups excluding carboxylic acids is 1. The molecule has 21 heavy (non-hydrogen) atoms. The van der Waals surface area contributed by atoms with Crippen LogP contribution in [0, 0.1) is 11.3 Å². The molecule has 0 atom stereocenters. The van der Waals surface area contributed by atoms with Crippen molar-refractivity contribution in [3.8, 4) is 6.07 Å². The second kappa shape index (κ2) is 8.06. The molecule has 0 aliphatic rings. The number of amides is 1. The highest BCUT2D eigenvalue weighted by molar-refractivity contribution is 6.29. The van der Waals surface area contributed by atoms with Crippen molar-refractivity contribution in [1.82, 2.24) is 5.43 Å². The monoisotopic (exact) mass is 287 g/mol. The quantitative estimate of drug-likeness (QED) is 0.535. The number of carbonyl (C=O) groups is 2. The van der Waals surface area contributed by atoms with E-state index in [9.17, 15) is 9.59 Å². The third-order valence-electron chi connectivity index (χ3n) is 2.17. The first-order chi connectivity index (χ1) is 10.0. The number of hydrazone groups is 2. The van der Waals surface area contributed by atoms with E-state index < -0.39 is 11.9 Å². The van der Waals surface area contributed by atoms with E-state index in [1.807, 2.05) is 0 Å². The third-order valence-corrected chi connectivity index (χ3v) is 2.17. The van der Waals surface area contributed by atoms with Crippen LogP contribution in [0.15, 0.2) is 34.5 Å². The molecule has 1 aromatic carbocycles. The van der Waals surface area contributed by atoms with Gasteiger partial charge in [-0.1, -0.05) is 0 Å². The van der Waals surface area contributed by atoms with Gasteiger partial charge in [0.1, 0.15) is 6.42 Å². The largest absolute Gasteiger partial charge is 0.478 e. The molecule has 108 valence electrons. The van der Waals surface area contributed by atoms with Gasteiger partial charge in [-0.05, 0) is 31.2 Å². The second-order valence-electron chi connectivity index (χ2n) is 3.88. The molecule has 1 rings (SSSR count). The van der Waals surface area contributed by atoms with E-state index in [1.54, 1.807) is 25.1 Å². The standard InChI is InChI=1S/C13H13N5O3/c1-9(16-18-12(19)6-7-14)8-15-17-11-4-2-10(3-5-11)13(20)21/h2-5,8,17H,6H2,1H3,(H,18,19)(H,20,21)/b15-8+,16-9+. The Morgan fingerprint density at radius 3 is 2.62 bits per heavy atom. The predicted octanol–water partition coefficient (Wildman–Crippen LogP) is 1.19. The van der Waals surface area contributed by atoms with Gasteiger partial charge in [-0.25, -0.2) is 10.2 Å². The summed E-state index contributed by atoms with van der Waals surface area (Å²) in [6.07, 6.45) is 1.11. The summed E-state index contributed by atoms with van der Waals surface area (Å²) in [5, 5.41) is 24.6. The van der Waals surface area contributed by atoms with Crippen LogP contribution in [0.2, 0.25) is 0 Å². The van der Waals surface area contributed by atoms with Crippen molar-refractivity contribution in [2.24, 2.45) is 10.2 Å². The maximum absolute atomic E-state index is 11.0. The average Bonchev–Trinajstić information content (AvgIpc) is 2.46. The van der Waals surface area contributed by atoms with Crippen LogP contribution in [0.5, 0.6) is 0 Å². The van der Waals surface area contributed by atoms with Gasteiger partial charge in [0.05, 0.1) is 29.2 Å². The summed E-state index contributed by atoms with van der Waals surface area (Å²) in [4.78, 5) is 21.6. The van der Waals surface area contributed by atoms with Gasteiger partial charge in [-0.3, -0.25) is 10.2 Å². The van der Waals surface area contributed by atoms with E-state index in [4.69, 9.17) is 10.4 Å². The van der Waals surface area contributed by atoms with Crippen LogP contribution in [0.1, 0.15) is 23.7 Å². The lowest BCUT2D eigenvalue weighted by molar-refractivity contribution is -0.120. The van der Waals surface area contributed by atoms with Crippen LogP contribution < -0.4 is 10.9 Å². The maximum atomic E-state index is 11.0. The minimum Gasteiger partial charge on any atom is -0.478 e. The number of anilines is 1. The van der Waals surface area contributed by atoms with Crippen LogP contribution in [0.3, 0.4) is 0 Å². The van der Waals surface area contributed by atoms with Crippen molar-refractivity contribution >= 4 is 29.5 Å². The van der Waals surface area contributed by atoms with E-state index in [-0.39, 0.29) is 12.0 Å². The molecule has 0 heterocycles. The van der Waals surface area contributed by atoms with Crippen molar-refractivity contribution in [3.63, 3.8) is 0 Å². The van der Waals surface area contributed by atoms with E-state index in [2.05, 4.69) is 21.1 Å². The first-order valence-electron chi connectivity index (χ1n) is 5.85. The fourth-order valence-electron chi connectivity index (χ4n) is 1.18. The number of nitrogens with zero attached hydrogens (tertiary/aromatic N) is 3. The fourth-order valence-corrected chi connectivity index (χ4v) is 1.18. The summed E-state index contributed by atoms with van der Waals surface area (Å²) < 4.78 is 0. The zero-order valence-corrected chi connectivity index (χ0v) is 11.2. The Balaban J connectivity index is 2.50. The second-order valence-corrected chi connectivity index (χ2v) is 3.88. The van der Waals surface area contributed by atoms with Crippen molar-refractivity contribution in [2.75, 3.05) is 5.43 Å². The number of nitriles is 1. The first-order valence-corrected chi connectivity index (χ1v) is 5.85. The number of aromatic carboxylic acids is 1. The van der Waals surface area contributed by atoms with Gasteiger partial charge >= 0.3 is 5.97 Å². The fraction of sp³-hybridized carbons (Fsp3) is 0.154. The van der Waals surface area contributed by atoms with Gasteiger partial charge in [-0.2, -0.15) is 15.5 Å². The smallest absolute Gasteiger partial charge is 0.335 e. The van der Waals surface area contributed by atoms with Gasteiger partial charge in [0.2, 0.25) is 0 Å². The van der Waals surface area contributed by atoms with Gasteiger partial charge < -0.3 is 5.11 Å². The minimum absolute atomic E-state index is 0.183. The number of benzene rings is 1. The molecule has 0 aliphatic carbocycles. The summed E-state index contributed by atoms with van der Waals surface area (Å²) in [6, 6.07) is 7.74. The lowest BCUT2D eigenvalue weighted by Crippen LogP contribution is -2.18. The molecular weight excluding hydrogens is 274 g/mol. The number of carboxylic acid groups (broad SMARTS) is 1. The normalized spacial score (nSPS) is 11.0. The predicted molar refractivity (Wildman–Crippen MR) is 77.0 cm³/mol. The maximum Gasteiger partial charge on any atom is 0.335 e. The van der Waals surface area contributed by atoms with Crippen LogP contribution in [0.25, 0.3) is 0 Å².